The topological polar surface area (TPSA) is 35.5 Å². The maximum absolute atomic E-state index is 9.85. The van der Waals surface area contributed by atoms with Crippen molar-refractivity contribution in [3.63, 3.8) is 0 Å². The van der Waals surface area contributed by atoms with Crippen molar-refractivity contribution in [2.24, 2.45) is 0 Å². The first-order chi connectivity index (χ1) is 9.36. The van der Waals surface area contributed by atoms with E-state index in [4.69, 9.17) is 4.74 Å². The molecule has 0 aliphatic heterocycles. The normalized spacial score (nSPS) is 8.37. The number of methoxy groups -OCH3 is 1. The van der Waals surface area contributed by atoms with Gasteiger partial charge in [-0.2, -0.15) is 0 Å². The zero-order valence-electron chi connectivity index (χ0n) is 11.4. The van der Waals surface area contributed by atoms with Crippen LogP contribution in [0.5, 0.6) is 11.5 Å². The molecule has 0 aliphatic carbocycles. The van der Waals surface area contributed by atoms with E-state index >= 15 is 0 Å². The molecule has 0 unspecified atom stereocenters. The lowest BCUT2D eigenvalue weighted by Crippen LogP contribution is -1.78. The van der Waals surface area contributed by atoms with Gasteiger partial charge in [0.2, 0.25) is 0 Å². The fraction of sp³-hybridized carbons (Fsp3) is 0.200. The summed E-state index contributed by atoms with van der Waals surface area (Å²) in [5.41, 5.74) is 0. The maximum atomic E-state index is 9.85. The lowest BCUT2D eigenvalue weighted by molar-refractivity contribution is 0.415. The molecular formula is C15H19O3P. The highest BCUT2D eigenvalue weighted by molar-refractivity contribution is 7.17. The number of rotatable bonds is 3. The second-order valence-corrected chi connectivity index (χ2v) is 3.33. The van der Waals surface area contributed by atoms with Gasteiger partial charge < -0.3 is 9.26 Å². The Balaban J connectivity index is 0.000000303. The molecule has 4 heteroatoms. The largest absolute Gasteiger partial charge is 0.497 e. The first-order valence-electron chi connectivity index (χ1n) is 6.00. The van der Waals surface area contributed by atoms with Gasteiger partial charge in [-0.15, -0.1) is 0 Å². The van der Waals surface area contributed by atoms with Crippen LogP contribution in [-0.2, 0) is 4.57 Å². The minimum Gasteiger partial charge on any atom is -0.497 e. The van der Waals surface area contributed by atoms with Crippen LogP contribution in [0.3, 0.4) is 0 Å². The molecule has 0 aromatic heterocycles. The van der Waals surface area contributed by atoms with E-state index in [2.05, 4.69) is 4.52 Å². The molecule has 0 saturated heterocycles. The zero-order valence-corrected chi connectivity index (χ0v) is 12.3. The Kier molecular flexibility index (Phi) is 11.4. The van der Waals surface area contributed by atoms with E-state index in [-0.39, 0.29) is 8.69 Å². The van der Waals surface area contributed by atoms with Crippen molar-refractivity contribution in [1.29, 1.82) is 0 Å². The Morgan fingerprint density at radius 1 is 0.789 bits per heavy atom. The Labute approximate surface area is 116 Å². The van der Waals surface area contributed by atoms with Crippen molar-refractivity contribution < 1.29 is 13.8 Å². The fourth-order valence-electron chi connectivity index (χ4n) is 1.08. The molecule has 2 aromatic carbocycles. The van der Waals surface area contributed by atoms with E-state index < -0.39 is 0 Å². The van der Waals surface area contributed by atoms with E-state index in [0.717, 1.165) is 5.75 Å². The van der Waals surface area contributed by atoms with Gasteiger partial charge in [0, 0.05) is 0 Å². The van der Waals surface area contributed by atoms with Gasteiger partial charge >= 0.3 is 8.69 Å². The van der Waals surface area contributed by atoms with Crippen molar-refractivity contribution in [1.82, 2.24) is 0 Å². The molecule has 0 aliphatic rings. The van der Waals surface area contributed by atoms with Gasteiger partial charge in [-0.25, -0.2) is 4.57 Å². The van der Waals surface area contributed by atoms with Crippen LogP contribution >= 0.6 is 8.69 Å². The molecule has 2 aromatic rings. The minimum absolute atomic E-state index is 0.305. The highest BCUT2D eigenvalue weighted by atomic mass is 31.1. The van der Waals surface area contributed by atoms with Crippen molar-refractivity contribution >= 4 is 8.69 Å². The Bertz CT molecular complexity index is 418. The highest BCUT2D eigenvalue weighted by Gasteiger charge is 1.85. The van der Waals surface area contributed by atoms with Crippen molar-refractivity contribution in [2.45, 2.75) is 13.8 Å². The minimum atomic E-state index is -0.305. The predicted molar refractivity (Wildman–Crippen MR) is 79.0 cm³/mol. The summed E-state index contributed by atoms with van der Waals surface area (Å²) in [5.74, 6) is 1.53. The molecule has 0 spiro atoms. The average Bonchev–Trinajstić information content (AvgIpc) is 2.52. The van der Waals surface area contributed by atoms with Gasteiger partial charge in [-0.3, -0.25) is 0 Å². The van der Waals surface area contributed by atoms with Gasteiger partial charge in [0.15, 0.2) is 0 Å². The lowest BCUT2D eigenvalue weighted by atomic mass is 10.3. The van der Waals surface area contributed by atoms with Crippen LogP contribution in [0.2, 0.25) is 0 Å². The molecule has 0 N–H and O–H groups in total. The molecule has 0 saturated carbocycles. The maximum Gasteiger partial charge on any atom is 0.395 e. The lowest BCUT2D eigenvalue weighted by Gasteiger charge is -1.93. The molecule has 0 amide bonds. The predicted octanol–water partition coefficient (Wildman–Crippen LogP) is 4.99. The van der Waals surface area contributed by atoms with Crippen molar-refractivity contribution in [2.75, 3.05) is 7.11 Å². The average molecular weight is 278 g/mol. The quantitative estimate of drug-likeness (QED) is 0.742. The molecule has 0 radical (unpaired) electrons. The zero-order chi connectivity index (χ0) is 14.3. The summed E-state index contributed by atoms with van der Waals surface area (Å²) in [6.07, 6.45) is 0. The number of benzene rings is 2. The molecule has 0 atom stereocenters. The van der Waals surface area contributed by atoms with Crippen molar-refractivity contribution in [3.05, 3.63) is 60.7 Å². The molecule has 2 rings (SSSR count). The van der Waals surface area contributed by atoms with E-state index in [1.807, 2.05) is 62.4 Å². The highest BCUT2D eigenvalue weighted by Crippen LogP contribution is 2.12. The fourth-order valence-corrected chi connectivity index (χ4v) is 1.29. The summed E-state index contributed by atoms with van der Waals surface area (Å²) in [5, 5.41) is 0. The smallest absolute Gasteiger partial charge is 0.395 e. The monoisotopic (exact) mass is 278 g/mol. The molecule has 3 nitrogen and oxygen atoms in total. The first kappa shape index (κ1) is 17.1. The van der Waals surface area contributed by atoms with Crippen LogP contribution in [0, 0.1) is 0 Å². The van der Waals surface area contributed by atoms with Crippen LogP contribution in [-0.4, -0.2) is 7.11 Å². The second-order valence-electron chi connectivity index (χ2n) is 3.00. The number of hydrogen-bond donors (Lipinski definition) is 0. The van der Waals surface area contributed by atoms with E-state index in [0.29, 0.717) is 5.75 Å². The van der Waals surface area contributed by atoms with E-state index in [1.165, 1.54) is 0 Å². The van der Waals surface area contributed by atoms with Crippen LogP contribution in [0.1, 0.15) is 13.8 Å². The Morgan fingerprint density at radius 3 is 1.53 bits per heavy atom. The van der Waals surface area contributed by atoms with E-state index in [9.17, 15) is 4.57 Å². The SMILES string of the molecule is CC.COc1ccccc1.O=POc1ccccc1. The van der Waals surface area contributed by atoms with Crippen molar-refractivity contribution in [3.8, 4) is 11.5 Å². The summed E-state index contributed by atoms with van der Waals surface area (Å²) in [7, 11) is 1.36. The van der Waals surface area contributed by atoms with E-state index in [1.54, 1.807) is 19.2 Å². The summed E-state index contributed by atoms with van der Waals surface area (Å²) in [6, 6.07) is 18.7. The molecule has 19 heavy (non-hydrogen) atoms. The van der Waals surface area contributed by atoms with Crippen LogP contribution in [0.25, 0.3) is 0 Å². The first-order valence-corrected chi connectivity index (χ1v) is 6.73. The van der Waals surface area contributed by atoms with Gasteiger partial charge in [-0.05, 0) is 24.3 Å². The number of ether oxygens (including phenoxy) is 1. The van der Waals surface area contributed by atoms with Gasteiger partial charge in [0.05, 0.1) is 7.11 Å². The van der Waals surface area contributed by atoms with Crippen LogP contribution in [0.4, 0.5) is 0 Å². The van der Waals surface area contributed by atoms with Crippen LogP contribution < -0.4 is 9.26 Å². The third-order valence-corrected chi connectivity index (χ3v) is 2.15. The summed E-state index contributed by atoms with van der Waals surface area (Å²) in [4.78, 5) is 0. The molecule has 102 valence electrons. The standard InChI is InChI=1S/C7H8O.C6H5O2P.C2H6/c1-8-7-5-3-2-4-6-7;7-9-8-6-4-2-1-3-5-6;1-2/h2-6H,1H3;1-5H;1-2H3. The summed E-state index contributed by atoms with van der Waals surface area (Å²) >= 11 is 0. The number of hydrogen-bond acceptors (Lipinski definition) is 3. The van der Waals surface area contributed by atoms with Gasteiger partial charge in [-0.1, -0.05) is 50.2 Å². The Hall–Kier alpha value is -1.86. The molecule has 0 fully saturated rings. The molecule has 0 bridgehead atoms. The third-order valence-electron chi connectivity index (χ3n) is 1.86. The molecule has 0 heterocycles. The van der Waals surface area contributed by atoms with Crippen LogP contribution in [0.15, 0.2) is 60.7 Å². The van der Waals surface area contributed by atoms with Gasteiger partial charge in [0.25, 0.3) is 0 Å². The Morgan fingerprint density at radius 2 is 1.21 bits per heavy atom. The second kappa shape index (κ2) is 12.6. The molecular weight excluding hydrogens is 259 g/mol. The van der Waals surface area contributed by atoms with Gasteiger partial charge in [0.1, 0.15) is 11.5 Å². The third kappa shape index (κ3) is 8.81. The number of para-hydroxylation sites is 2. The summed E-state index contributed by atoms with van der Waals surface area (Å²) < 4.78 is 19.4. The summed E-state index contributed by atoms with van der Waals surface area (Å²) in [6.45, 7) is 4.00.